The first kappa shape index (κ1) is 15.5. The van der Waals surface area contributed by atoms with E-state index in [0.717, 1.165) is 11.1 Å². The largest absolute Gasteiger partial charge is 0.497 e. The highest BCUT2D eigenvalue weighted by molar-refractivity contribution is 6.30. The third-order valence-corrected chi connectivity index (χ3v) is 3.87. The zero-order valence-electron chi connectivity index (χ0n) is 12.4. The van der Waals surface area contributed by atoms with Crippen LogP contribution in [0, 0.1) is 0 Å². The third-order valence-electron chi connectivity index (χ3n) is 3.62. The lowest BCUT2D eigenvalue weighted by Gasteiger charge is -2.11. The lowest BCUT2D eigenvalue weighted by atomic mass is 10.0. The van der Waals surface area contributed by atoms with Gasteiger partial charge in [0, 0.05) is 16.1 Å². The SMILES string of the molecule is COc1ccc2c(c1)C(c1ccc(Cl)cc1)=NC(CO)C(=O)N2. The molecule has 2 aromatic carbocycles. The highest BCUT2D eigenvalue weighted by Crippen LogP contribution is 2.28. The second kappa shape index (κ2) is 6.40. The molecule has 1 unspecified atom stereocenters. The van der Waals surface area contributed by atoms with Gasteiger partial charge in [-0.25, -0.2) is 0 Å². The van der Waals surface area contributed by atoms with Crippen LogP contribution in [0.3, 0.4) is 0 Å². The molecule has 1 atom stereocenters. The van der Waals surface area contributed by atoms with E-state index in [1.807, 2.05) is 18.2 Å². The van der Waals surface area contributed by atoms with Crippen LogP contribution in [0.1, 0.15) is 11.1 Å². The summed E-state index contributed by atoms with van der Waals surface area (Å²) in [7, 11) is 1.58. The minimum Gasteiger partial charge on any atom is -0.497 e. The van der Waals surface area contributed by atoms with Crippen LogP contribution in [0.2, 0.25) is 5.02 Å². The quantitative estimate of drug-likeness (QED) is 0.908. The van der Waals surface area contributed by atoms with Crippen molar-refractivity contribution in [2.75, 3.05) is 19.0 Å². The van der Waals surface area contributed by atoms with Crippen LogP contribution in [0.25, 0.3) is 0 Å². The molecule has 6 heteroatoms. The molecule has 118 valence electrons. The Morgan fingerprint density at radius 3 is 2.65 bits per heavy atom. The Kier molecular flexibility index (Phi) is 4.32. The average Bonchev–Trinajstić information content (AvgIpc) is 2.71. The van der Waals surface area contributed by atoms with Gasteiger partial charge < -0.3 is 15.2 Å². The summed E-state index contributed by atoms with van der Waals surface area (Å²) in [4.78, 5) is 16.6. The summed E-state index contributed by atoms with van der Waals surface area (Å²) in [5.41, 5.74) is 2.77. The van der Waals surface area contributed by atoms with E-state index >= 15 is 0 Å². The highest BCUT2D eigenvalue weighted by Gasteiger charge is 2.25. The van der Waals surface area contributed by atoms with Gasteiger partial charge in [0.25, 0.3) is 5.91 Å². The van der Waals surface area contributed by atoms with Crippen molar-refractivity contribution in [1.82, 2.24) is 0 Å². The van der Waals surface area contributed by atoms with Gasteiger partial charge in [0.05, 0.1) is 25.1 Å². The van der Waals surface area contributed by atoms with E-state index in [2.05, 4.69) is 10.3 Å². The van der Waals surface area contributed by atoms with E-state index in [1.165, 1.54) is 0 Å². The van der Waals surface area contributed by atoms with Gasteiger partial charge in [-0.2, -0.15) is 0 Å². The van der Waals surface area contributed by atoms with E-state index in [-0.39, 0.29) is 12.5 Å². The Labute approximate surface area is 138 Å². The second-order valence-corrected chi connectivity index (χ2v) is 5.52. The minimum atomic E-state index is -0.862. The van der Waals surface area contributed by atoms with Crippen LogP contribution >= 0.6 is 11.6 Å². The first-order chi connectivity index (χ1) is 11.1. The molecule has 0 radical (unpaired) electrons. The van der Waals surface area contributed by atoms with Crippen molar-refractivity contribution in [1.29, 1.82) is 0 Å². The lowest BCUT2D eigenvalue weighted by molar-refractivity contribution is -0.118. The number of ether oxygens (including phenoxy) is 1. The minimum absolute atomic E-state index is 0.345. The molecule has 0 saturated heterocycles. The van der Waals surface area contributed by atoms with Crippen molar-refractivity contribution in [3.63, 3.8) is 0 Å². The first-order valence-electron chi connectivity index (χ1n) is 7.06. The number of nitrogens with zero attached hydrogens (tertiary/aromatic N) is 1. The maximum Gasteiger partial charge on any atom is 0.251 e. The Balaban J connectivity index is 2.20. The van der Waals surface area contributed by atoms with Crippen LogP contribution in [0.5, 0.6) is 5.75 Å². The van der Waals surface area contributed by atoms with Gasteiger partial charge in [-0.15, -0.1) is 0 Å². The number of methoxy groups -OCH3 is 1. The number of fused-ring (bicyclic) bond motifs is 1. The molecule has 2 aromatic rings. The molecule has 1 heterocycles. The predicted octanol–water partition coefficient (Wildman–Crippen LogP) is 2.50. The van der Waals surface area contributed by atoms with Gasteiger partial charge in [0.1, 0.15) is 5.75 Å². The third kappa shape index (κ3) is 3.06. The van der Waals surface area contributed by atoms with Crippen molar-refractivity contribution < 1.29 is 14.6 Å². The summed E-state index contributed by atoms with van der Waals surface area (Å²) >= 11 is 5.94. The van der Waals surface area contributed by atoms with Gasteiger partial charge in [-0.05, 0) is 30.3 Å². The molecule has 23 heavy (non-hydrogen) atoms. The zero-order chi connectivity index (χ0) is 16.4. The van der Waals surface area contributed by atoms with Crippen LogP contribution in [-0.2, 0) is 4.79 Å². The summed E-state index contributed by atoms with van der Waals surface area (Å²) in [5, 5.41) is 12.9. The van der Waals surface area contributed by atoms with E-state index < -0.39 is 6.04 Å². The molecule has 0 aromatic heterocycles. The number of aliphatic imine (C=N–C) groups is 1. The van der Waals surface area contributed by atoms with Crippen molar-refractivity contribution in [2.45, 2.75) is 6.04 Å². The van der Waals surface area contributed by atoms with Crippen molar-refractivity contribution in [2.24, 2.45) is 4.99 Å². The number of carbonyl (C=O) groups is 1. The number of nitrogens with one attached hydrogen (secondary N) is 1. The normalized spacial score (nSPS) is 16.9. The Bertz CT molecular complexity index is 772. The molecule has 3 rings (SSSR count). The highest BCUT2D eigenvalue weighted by atomic mass is 35.5. The summed E-state index contributed by atoms with van der Waals surface area (Å²) in [6.07, 6.45) is 0. The van der Waals surface area contributed by atoms with Gasteiger partial charge >= 0.3 is 0 Å². The molecule has 0 fully saturated rings. The molecular formula is C17H15ClN2O3. The van der Waals surface area contributed by atoms with Gasteiger partial charge in [-0.3, -0.25) is 9.79 Å². The fourth-order valence-corrected chi connectivity index (χ4v) is 2.54. The van der Waals surface area contributed by atoms with Crippen LogP contribution in [0.4, 0.5) is 5.69 Å². The van der Waals surface area contributed by atoms with Crippen LogP contribution in [-0.4, -0.2) is 36.5 Å². The monoisotopic (exact) mass is 330 g/mol. The fraction of sp³-hybridized carbons (Fsp3) is 0.176. The summed E-state index contributed by atoms with van der Waals surface area (Å²) in [5.74, 6) is 0.310. The number of aliphatic hydroxyl groups is 1. The topological polar surface area (TPSA) is 70.9 Å². The Hall–Kier alpha value is -2.37. The number of carbonyl (C=O) groups excluding carboxylic acids is 1. The van der Waals surface area contributed by atoms with Crippen LogP contribution in [0.15, 0.2) is 47.5 Å². The van der Waals surface area contributed by atoms with Gasteiger partial charge in [0.15, 0.2) is 6.04 Å². The molecule has 1 aliphatic heterocycles. The number of benzene rings is 2. The number of hydrogen-bond acceptors (Lipinski definition) is 4. The van der Waals surface area contributed by atoms with Crippen molar-refractivity contribution in [3.05, 3.63) is 58.6 Å². The van der Waals surface area contributed by atoms with E-state index in [0.29, 0.717) is 22.2 Å². The first-order valence-corrected chi connectivity index (χ1v) is 7.44. The van der Waals surface area contributed by atoms with Crippen molar-refractivity contribution in [3.8, 4) is 5.75 Å². The predicted molar refractivity (Wildman–Crippen MR) is 89.6 cm³/mol. The van der Waals surface area contributed by atoms with Crippen molar-refractivity contribution >= 4 is 28.9 Å². The molecule has 1 amide bonds. The summed E-state index contributed by atoms with van der Waals surface area (Å²) < 4.78 is 5.27. The number of rotatable bonds is 3. The fourth-order valence-electron chi connectivity index (χ4n) is 2.42. The molecule has 0 spiro atoms. The molecule has 0 aliphatic carbocycles. The maximum absolute atomic E-state index is 12.2. The molecule has 5 nitrogen and oxygen atoms in total. The smallest absolute Gasteiger partial charge is 0.251 e. The number of amides is 1. The number of anilines is 1. The number of benzodiazepines with no additional fused rings is 1. The molecule has 0 saturated carbocycles. The van der Waals surface area contributed by atoms with E-state index in [1.54, 1.807) is 31.4 Å². The molecular weight excluding hydrogens is 316 g/mol. The van der Waals surface area contributed by atoms with E-state index in [4.69, 9.17) is 16.3 Å². The van der Waals surface area contributed by atoms with Crippen LogP contribution < -0.4 is 10.1 Å². The van der Waals surface area contributed by atoms with E-state index in [9.17, 15) is 9.90 Å². The lowest BCUT2D eigenvalue weighted by Crippen LogP contribution is -2.28. The Morgan fingerprint density at radius 1 is 1.26 bits per heavy atom. The molecule has 1 aliphatic rings. The standard InChI is InChI=1S/C17H15ClN2O3/c1-23-12-6-7-14-13(8-12)16(10-2-4-11(18)5-3-10)19-15(9-21)17(22)20-14/h2-8,15,21H,9H2,1H3,(H,20,22). The summed E-state index contributed by atoms with van der Waals surface area (Å²) in [6.45, 7) is -0.367. The number of halogens is 1. The average molecular weight is 331 g/mol. The number of aliphatic hydroxyl groups excluding tert-OH is 1. The molecule has 0 bridgehead atoms. The van der Waals surface area contributed by atoms with Gasteiger partial charge in [0.2, 0.25) is 0 Å². The second-order valence-electron chi connectivity index (χ2n) is 5.08. The van der Waals surface area contributed by atoms with Gasteiger partial charge in [-0.1, -0.05) is 23.7 Å². The molecule has 2 N–H and O–H groups in total. The maximum atomic E-state index is 12.2. The summed E-state index contributed by atoms with van der Waals surface area (Å²) in [6, 6.07) is 11.6. The zero-order valence-corrected chi connectivity index (χ0v) is 13.2. The number of hydrogen-bond donors (Lipinski definition) is 2. The Morgan fingerprint density at radius 2 is 2.00 bits per heavy atom.